The SMILES string of the molecule is CC1CN(SN2CCN(C)CC2)CCC1Nc1ncc(C(F)(F)F)c(-c2ncc(CC(C)(C)O)s2)n1. The lowest BCUT2D eigenvalue weighted by atomic mass is 9.95. The summed E-state index contributed by atoms with van der Waals surface area (Å²) in [6.07, 6.45) is -1.12. The van der Waals surface area contributed by atoms with E-state index in [2.05, 4.69) is 47.8 Å². The Bertz CT molecular complexity index is 1020. The van der Waals surface area contributed by atoms with Gasteiger partial charge in [-0.2, -0.15) is 13.2 Å². The minimum Gasteiger partial charge on any atom is -0.390 e. The minimum atomic E-state index is -4.60. The van der Waals surface area contributed by atoms with Gasteiger partial charge < -0.3 is 15.3 Å². The lowest BCUT2D eigenvalue weighted by Crippen LogP contribution is -2.47. The molecule has 4 rings (SSSR count). The van der Waals surface area contributed by atoms with Crippen LogP contribution in [0.3, 0.4) is 0 Å². The largest absolute Gasteiger partial charge is 0.420 e. The van der Waals surface area contributed by atoms with Gasteiger partial charge in [0.05, 0.1) is 5.60 Å². The summed E-state index contributed by atoms with van der Waals surface area (Å²) in [5.41, 5.74) is -2.13. The highest BCUT2D eigenvalue weighted by Gasteiger charge is 2.37. The van der Waals surface area contributed by atoms with Crippen LogP contribution < -0.4 is 5.32 Å². The van der Waals surface area contributed by atoms with Crippen molar-refractivity contribution in [1.82, 2.24) is 28.5 Å². The van der Waals surface area contributed by atoms with Gasteiger partial charge in [0, 0.05) is 81.1 Å². The number of anilines is 1. The first-order valence-corrected chi connectivity index (χ1v) is 13.7. The molecule has 2 unspecified atom stereocenters. The summed E-state index contributed by atoms with van der Waals surface area (Å²) in [5.74, 6) is 0.445. The molecule has 2 N–H and O–H groups in total. The molecule has 0 amide bonds. The molecule has 200 valence electrons. The Hall–Kier alpha value is -1.51. The van der Waals surface area contributed by atoms with Crippen molar-refractivity contribution in [2.75, 3.05) is 51.6 Å². The molecule has 2 aliphatic rings. The number of hydrogen-bond acceptors (Lipinski definition) is 10. The van der Waals surface area contributed by atoms with Crippen LogP contribution in [-0.2, 0) is 12.6 Å². The second-order valence-corrected chi connectivity index (χ2v) is 12.6. The monoisotopic (exact) mass is 545 g/mol. The maximum Gasteiger partial charge on any atom is 0.420 e. The third kappa shape index (κ3) is 7.29. The van der Waals surface area contributed by atoms with Crippen molar-refractivity contribution in [1.29, 1.82) is 0 Å². The molecule has 2 atom stereocenters. The second kappa shape index (κ2) is 11.1. The summed E-state index contributed by atoms with van der Waals surface area (Å²) in [4.78, 5) is 15.5. The number of halogens is 3. The van der Waals surface area contributed by atoms with Gasteiger partial charge in [-0.1, -0.05) is 6.92 Å². The highest BCUT2D eigenvalue weighted by Crippen LogP contribution is 2.38. The van der Waals surface area contributed by atoms with Gasteiger partial charge in [-0.05, 0) is 33.2 Å². The van der Waals surface area contributed by atoms with Crippen LogP contribution in [0.15, 0.2) is 12.4 Å². The Morgan fingerprint density at radius 1 is 1.11 bits per heavy atom. The molecule has 2 fully saturated rings. The lowest BCUT2D eigenvalue weighted by Gasteiger charge is -2.40. The summed E-state index contributed by atoms with van der Waals surface area (Å²) in [6.45, 7) is 11.4. The number of aliphatic hydroxyl groups is 1. The van der Waals surface area contributed by atoms with Crippen LogP contribution in [0.4, 0.5) is 19.1 Å². The molecule has 0 saturated carbocycles. The standard InChI is InChI=1S/C23H34F3N7OS2/c1-15-14-33(36-32-9-7-31(4)8-10-32)6-5-18(15)29-21-28-13-17(23(24,25)26)19(30-21)20-27-12-16(35-20)11-22(2,3)34/h12-13,15,18,34H,5-11,14H2,1-4H3,(H,28,29,30). The first-order valence-electron chi connectivity index (χ1n) is 12.1. The number of hydrogen-bond donors (Lipinski definition) is 2. The van der Waals surface area contributed by atoms with Crippen LogP contribution in [0.1, 0.15) is 37.6 Å². The van der Waals surface area contributed by atoms with Gasteiger partial charge in [-0.3, -0.25) is 0 Å². The maximum absolute atomic E-state index is 13.7. The highest BCUT2D eigenvalue weighted by molar-refractivity contribution is 7.94. The van der Waals surface area contributed by atoms with Crippen molar-refractivity contribution >= 4 is 29.4 Å². The average molecular weight is 546 g/mol. The minimum absolute atomic E-state index is 0.0565. The van der Waals surface area contributed by atoms with E-state index in [9.17, 15) is 18.3 Å². The van der Waals surface area contributed by atoms with E-state index >= 15 is 0 Å². The third-order valence-electron chi connectivity index (χ3n) is 6.33. The molecule has 0 spiro atoms. The zero-order valence-corrected chi connectivity index (χ0v) is 22.7. The summed E-state index contributed by atoms with van der Waals surface area (Å²) >= 11 is 2.91. The van der Waals surface area contributed by atoms with E-state index in [0.717, 1.165) is 63.2 Å². The molecule has 2 saturated heterocycles. The number of rotatable bonds is 7. The van der Waals surface area contributed by atoms with Gasteiger partial charge in [0.15, 0.2) is 0 Å². The number of aromatic nitrogens is 3. The van der Waals surface area contributed by atoms with E-state index in [-0.39, 0.29) is 28.6 Å². The fourth-order valence-electron chi connectivity index (χ4n) is 4.34. The molecule has 0 radical (unpaired) electrons. The molecule has 0 aromatic carbocycles. The molecule has 2 aromatic rings. The van der Waals surface area contributed by atoms with Gasteiger partial charge in [-0.15, -0.1) is 11.3 Å². The van der Waals surface area contributed by atoms with Gasteiger partial charge in [0.25, 0.3) is 0 Å². The molecule has 0 bridgehead atoms. The van der Waals surface area contributed by atoms with E-state index < -0.39 is 17.3 Å². The van der Waals surface area contributed by atoms with Crippen molar-refractivity contribution in [2.45, 2.75) is 51.4 Å². The number of alkyl halides is 3. The van der Waals surface area contributed by atoms with Crippen LogP contribution in [0.5, 0.6) is 0 Å². The van der Waals surface area contributed by atoms with Crippen LogP contribution in [0.2, 0.25) is 0 Å². The van der Waals surface area contributed by atoms with Crippen molar-refractivity contribution < 1.29 is 18.3 Å². The Morgan fingerprint density at radius 2 is 1.83 bits per heavy atom. The van der Waals surface area contributed by atoms with E-state index in [1.54, 1.807) is 26.0 Å². The Balaban J connectivity index is 1.45. The van der Waals surface area contributed by atoms with Crippen LogP contribution in [0, 0.1) is 5.92 Å². The van der Waals surface area contributed by atoms with Gasteiger partial charge >= 0.3 is 6.18 Å². The van der Waals surface area contributed by atoms with Crippen molar-refractivity contribution in [3.05, 3.63) is 22.8 Å². The zero-order valence-electron chi connectivity index (χ0n) is 21.0. The highest BCUT2D eigenvalue weighted by atomic mass is 32.2. The molecular weight excluding hydrogens is 511 g/mol. The summed E-state index contributed by atoms with van der Waals surface area (Å²) in [7, 11) is 2.14. The summed E-state index contributed by atoms with van der Waals surface area (Å²) < 4.78 is 46.0. The number of nitrogens with zero attached hydrogens (tertiary/aromatic N) is 6. The third-order valence-corrected chi connectivity index (χ3v) is 8.50. The molecule has 4 heterocycles. The van der Waals surface area contributed by atoms with E-state index in [1.165, 1.54) is 6.20 Å². The number of piperazine rings is 1. The van der Waals surface area contributed by atoms with Crippen molar-refractivity contribution in [2.24, 2.45) is 5.92 Å². The normalized spacial score (nSPS) is 23.2. The molecule has 36 heavy (non-hydrogen) atoms. The Labute approximate surface area is 218 Å². The quantitative estimate of drug-likeness (QED) is 0.504. The lowest BCUT2D eigenvalue weighted by molar-refractivity contribution is -0.137. The fraction of sp³-hybridized carbons (Fsp3) is 0.696. The van der Waals surface area contributed by atoms with E-state index in [0.29, 0.717) is 11.3 Å². The first kappa shape index (κ1) is 27.5. The topological polar surface area (TPSA) is 80.7 Å². The second-order valence-electron chi connectivity index (χ2n) is 10.3. The van der Waals surface area contributed by atoms with Crippen molar-refractivity contribution in [3.63, 3.8) is 0 Å². The predicted octanol–water partition coefficient (Wildman–Crippen LogP) is 3.87. The van der Waals surface area contributed by atoms with Gasteiger partial charge in [-0.25, -0.2) is 23.6 Å². The fourth-order valence-corrected chi connectivity index (χ4v) is 6.62. The molecule has 0 aliphatic carbocycles. The van der Waals surface area contributed by atoms with E-state index in [1.807, 2.05) is 0 Å². The van der Waals surface area contributed by atoms with E-state index in [4.69, 9.17) is 0 Å². The number of likely N-dealkylation sites (N-methyl/N-ethyl adjacent to an activating group) is 1. The molecular formula is C23H34F3N7OS2. The van der Waals surface area contributed by atoms with Crippen molar-refractivity contribution in [3.8, 4) is 10.7 Å². The number of thiazole rings is 1. The van der Waals surface area contributed by atoms with Crippen LogP contribution in [-0.4, -0.2) is 91.5 Å². The number of piperidine rings is 1. The maximum atomic E-state index is 13.7. The Morgan fingerprint density at radius 3 is 2.47 bits per heavy atom. The smallest absolute Gasteiger partial charge is 0.390 e. The molecule has 2 aromatic heterocycles. The Kier molecular flexibility index (Phi) is 8.47. The first-order chi connectivity index (χ1) is 16.9. The predicted molar refractivity (Wildman–Crippen MR) is 138 cm³/mol. The summed E-state index contributed by atoms with van der Waals surface area (Å²) in [5, 5.41) is 13.5. The zero-order chi connectivity index (χ0) is 26.1. The van der Waals surface area contributed by atoms with Gasteiger partial charge in [0.2, 0.25) is 5.95 Å². The number of nitrogens with one attached hydrogen (secondary N) is 1. The summed E-state index contributed by atoms with van der Waals surface area (Å²) in [6, 6.07) is 0.0565. The van der Waals surface area contributed by atoms with Crippen LogP contribution >= 0.6 is 23.5 Å². The molecule has 2 aliphatic heterocycles. The molecule has 8 nitrogen and oxygen atoms in total. The average Bonchev–Trinajstić information content (AvgIpc) is 3.23. The molecule has 13 heteroatoms. The van der Waals surface area contributed by atoms with Gasteiger partial charge in [0.1, 0.15) is 16.3 Å². The van der Waals surface area contributed by atoms with Crippen LogP contribution in [0.25, 0.3) is 10.7 Å².